The van der Waals surface area contributed by atoms with Crippen molar-refractivity contribution in [2.75, 3.05) is 37.4 Å². The summed E-state index contributed by atoms with van der Waals surface area (Å²) in [6, 6.07) is 11.2. The number of thiazole rings is 1. The van der Waals surface area contributed by atoms with Crippen molar-refractivity contribution < 1.29 is 23.1 Å². The van der Waals surface area contributed by atoms with E-state index in [2.05, 4.69) is 15.6 Å². The van der Waals surface area contributed by atoms with Crippen molar-refractivity contribution in [3.63, 3.8) is 0 Å². The molecule has 3 aromatic rings. The van der Waals surface area contributed by atoms with Crippen LogP contribution in [0.25, 0.3) is 0 Å². The highest BCUT2D eigenvalue weighted by Gasteiger charge is 2.20. The molecule has 32 heavy (non-hydrogen) atoms. The minimum atomic E-state index is -0.393. The van der Waals surface area contributed by atoms with E-state index in [0.29, 0.717) is 23.1 Å². The van der Waals surface area contributed by atoms with E-state index in [-0.39, 0.29) is 42.8 Å². The van der Waals surface area contributed by atoms with Crippen LogP contribution in [0.3, 0.4) is 0 Å². The number of hydrogen-bond acceptors (Lipinski definition) is 6. The Bertz CT molecular complexity index is 1040. The number of anilines is 3. The zero-order valence-electron chi connectivity index (χ0n) is 17.3. The second-order valence-corrected chi connectivity index (χ2v) is 7.62. The van der Waals surface area contributed by atoms with E-state index in [1.54, 1.807) is 17.5 Å². The molecule has 0 fully saturated rings. The molecule has 10 heteroatoms. The van der Waals surface area contributed by atoms with Crippen molar-refractivity contribution in [3.05, 3.63) is 71.2 Å². The number of aromatic nitrogens is 1. The number of benzene rings is 2. The molecule has 0 spiro atoms. The van der Waals surface area contributed by atoms with Gasteiger partial charge in [0.15, 0.2) is 5.13 Å². The number of amides is 2. The van der Waals surface area contributed by atoms with Gasteiger partial charge in [0, 0.05) is 43.4 Å². The molecule has 0 aliphatic heterocycles. The van der Waals surface area contributed by atoms with Crippen molar-refractivity contribution in [1.29, 1.82) is 0 Å². The van der Waals surface area contributed by atoms with Crippen LogP contribution in [0.5, 0.6) is 0 Å². The summed E-state index contributed by atoms with van der Waals surface area (Å²) >= 11 is 1.24. The second kappa shape index (κ2) is 11.3. The fraction of sp³-hybridized carbons (Fsp3) is 0.227. The molecule has 0 aliphatic carbocycles. The fourth-order valence-electron chi connectivity index (χ4n) is 2.76. The van der Waals surface area contributed by atoms with Crippen molar-refractivity contribution >= 4 is 39.7 Å². The number of nitrogens with zero attached hydrogens (tertiary/aromatic N) is 2. The molecule has 0 unspecified atom stereocenters. The van der Waals surface area contributed by atoms with Crippen LogP contribution < -0.4 is 10.6 Å². The summed E-state index contributed by atoms with van der Waals surface area (Å²) in [6.07, 6.45) is 0.0532. The Morgan fingerprint density at radius 2 is 1.62 bits per heavy atom. The predicted octanol–water partition coefficient (Wildman–Crippen LogP) is 4.28. The van der Waals surface area contributed by atoms with Gasteiger partial charge in [-0.25, -0.2) is 13.8 Å². The molecule has 0 saturated carbocycles. The Balaban J connectivity index is 1.60. The summed E-state index contributed by atoms with van der Waals surface area (Å²) < 4.78 is 31.1. The molecule has 0 atom stereocenters. The average molecular weight is 461 g/mol. The largest absolute Gasteiger partial charge is 0.383 e. The minimum Gasteiger partial charge on any atom is -0.383 e. The van der Waals surface area contributed by atoms with Gasteiger partial charge >= 0.3 is 0 Å². The predicted molar refractivity (Wildman–Crippen MR) is 119 cm³/mol. The summed E-state index contributed by atoms with van der Waals surface area (Å²) in [5, 5.41) is 7.80. The topological polar surface area (TPSA) is 83.6 Å². The summed E-state index contributed by atoms with van der Waals surface area (Å²) in [7, 11) is 1.53. The van der Waals surface area contributed by atoms with E-state index in [4.69, 9.17) is 4.74 Å². The zero-order valence-corrected chi connectivity index (χ0v) is 18.1. The molecular formula is C22H22F2N4O3S. The number of ether oxygens (including phenoxy) is 1. The van der Waals surface area contributed by atoms with Crippen LogP contribution in [0.1, 0.15) is 16.9 Å². The first-order valence-corrected chi connectivity index (χ1v) is 10.6. The van der Waals surface area contributed by atoms with Gasteiger partial charge in [-0.15, -0.1) is 11.3 Å². The third-order valence-corrected chi connectivity index (χ3v) is 5.17. The van der Waals surface area contributed by atoms with Crippen LogP contribution in [0.15, 0.2) is 53.9 Å². The van der Waals surface area contributed by atoms with Gasteiger partial charge in [-0.2, -0.15) is 0 Å². The molecule has 2 N–H and O–H groups in total. The van der Waals surface area contributed by atoms with E-state index in [9.17, 15) is 18.4 Å². The Labute approximate surface area is 188 Å². The fourth-order valence-corrected chi connectivity index (χ4v) is 3.46. The zero-order chi connectivity index (χ0) is 22.9. The second-order valence-electron chi connectivity index (χ2n) is 6.76. The van der Waals surface area contributed by atoms with Gasteiger partial charge in [-0.05, 0) is 48.5 Å². The van der Waals surface area contributed by atoms with Gasteiger partial charge in [0.1, 0.15) is 17.3 Å². The molecule has 0 bridgehead atoms. The quantitative estimate of drug-likeness (QED) is 0.472. The molecule has 2 amide bonds. The Morgan fingerprint density at radius 1 is 1.00 bits per heavy atom. The smallest absolute Gasteiger partial charge is 0.273 e. The van der Waals surface area contributed by atoms with E-state index in [1.807, 2.05) is 0 Å². The normalized spacial score (nSPS) is 10.6. The lowest BCUT2D eigenvalue weighted by Gasteiger charge is -2.21. The number of halogens is 2. The first kappa shape index (κ1) is 23.3. The maximum Gasteiger partial charge on any atom is 0.273 e. The van der Waals surface area contributed by atoms with E-state index in [1.165, 1.54) is 59.7 Å². The summed E-state index contributed by atoms with van der Waals surface area (Å²) in [6.45, 7) is 0.751. The molecule has 0 radical (unpaired) electrons. The summed E-state index contributed by atoms with van der Waals surface area (Å²) in [4.78, 5) is 31.0. The summed E-state index contributed by atoms with van der Waals surface area (Å²) in [5.74, 6) is -1.37. The molecular weight excluding hydrogens is 438 g/mol. The molecule has 0 aliphatic rings. The number of nitrogens with one attached hydrogen (secondary N) is 2. The first-order chi connectivity index (χ1) is 15.4. The van der Waals surface area contributed by atoms with Gasteiger partial charge in [0.25, 0.3) is 5.91 Å². The van der Waals surface area contributed by atoms with Gasteiger partial charge in [-0.1, -0.05) is 0 Å². The van der Waals surface area contributed by atoms with Gasteiger partial charge < -0.3 is 20.3 Å². The summed E-state index contributed by atoms with van der Waals surface area (Å²) in [5.41, 5.74) is 1.35. The number of carbonyl (C=O) groups is 2. The van der Waals surface area contributed by atoms with Crippen LogP contribution in [0.2, 0.25) is 0 Å². The Morgan fingerprint density at radius 3 is 2.25 bits per heavy atom. The molecule has 1 heterocycles. The van der Waals surface area contributed by atoms with Crippen molar-refractivity contribution in [1.82, 2.24) is 9.88 Å². The van der Waals surface area contributed by atoms with Gasteiger partial charge in [0.2, 0.25) is 5.91 Å². The maximum atomic E-state index is 13.0. The monoisotopic (exact) mass is 460 g/mol. The van der Waals surface area contributed by atoms with Crippen molar-refractivity contribution in [2.45, 2.75) is 6.42 Å². The molecule has 7 nitrogen and oxygen atoms in total. The number of carbonyl (C=O) groups excluding carboxylic acids is 2. The number of hydrogen-bond donors (Lipinski definition) is 2. The number of rotatable bonds is 10. The van der Waals surface area contributed by atoms with E-state index >= 15 is 0 Å². The van der Waals surface area contributed by atoms with E-state index in [0.717, 1.165) is 0 Å². The standard InChI is InChI=1S/C22H22F2N4O3S/c1-31-13-12-28(11-10-20(29)25-17-6-2-15(23)3-7-17)21(30)19-14-32-22(27-19)26-18-8-4-16(24)5-9-18/h2-9,14H,10-13H2,1H3,(H,25,29)(H,26,27). The average Bonchev–Trinajstić information content (AvgIpc) is 3.25. The van der Waals surface area contributed by atoms with Crippen LogP contribution in [0, 0.1) is 11.6 Å². The third kappa shape index (κ3) is 6.82. The van der Waals surface area contributed by atoms with E-state index < -0.39 is 5.82 Å². The van der Waals surface area contributed by atoms with Crippen LogP contribution >= 0.6 is 11.3 Å². The molecule has 168 valence electrons. The van der Waals surface area contributed by atoms with Crippen molar-refractivity contribution in [2.24, 2.45) is 0 Å². The van der Waals surface area contributed by atoms with Crippen LogP contribution in [0.4, 0.5) is 25.3 Å². The van der Waals surface area contributed by atoms with Crippen LogP contribution in [-0.2, 0) is 9.53 Å². The highest BCUT2D eigenvalue weighted by atomic mass is 32.1. The first-order valence-electron chi connectivity index (χ1n) is 9.76. The van der Waals surface area contributed by atoms with Gasteiger partial charge in [-0.3, -0.25) is 9.59 Å². The molecule has 3 rings (SSSR count). The number of methoxy groups -OCH3 is 1. The molecule has 0 saturated heterocycles. The Hall–Kier alpha value is -3.37. The lowest BCUT2D eigenvalue weighted by atomic mass is 10.3. The highest BCUT2D eigenvalue weighted by Crippen LogP contribution is 2.22. The maximum absolute atomic E-state index is 13.0. The lowest BCUT2D eigenvalue weighted by molar-refractivity contribution is -0.116. The minimum absolute atomic E-state index is 0.0532. The third-order valence-electron chi connectivity index (χ3n) is 4.41. The SMILES string of the molecule is COCCN(CCC(=O)Nc1ccc(F)cc1)C(=O)c1csc(Nc2ccc(F)cc2)n1. The molecule has 2 aromatic carbocycles. The molecule has 1 aromatic heterocycles. The highest BCUT2D eigenvalue weighted by molar-refractivity contribution is 7.14. The van der Waals surface area contributed by atoms with Crippen LogP contribution in [-0.4, -0.2) is 48.5 Å². The van der Waals surface area contributed by atoms with Crippen molar-refractivity contribution in [3.8, 4) is 0 Å². The lowest BCUT2D eigenvalue weighted by Crippen LogP contribution is -2.36. The van der Waals surface area contributed by atoms with Gasteiger partial charge in [0.05, 0.1) is 6.61 Å². The Kier molecular flexibility index (Phi) is 8.23.